The van der Waals surface area contributed by atoms with Crippen molar-refractivity contribution in [3.63, 3.8) is 0 Å². The first-order valence-corrected chi connectivity index (χ1v) is 6.96. The molecule has 3 N–H and O–H groups in total. The maximum Gasteiger partial charge on any atom is 0.147 e. The molecule has 2 rings (SSSR count). The summed E-state index contributed by atoms with van der Waals surface area (Å²) >= 11 is 11.9. The zero-order chi connectivity index (χ0) is 13.1. The van der Waals surface area contributed by atoms with Gasteiger partial charge in [0.25, 0.3) is 0 Å². The van der Waals surface area contributed by atoms with Gasteiger partial charge in [0, 0.05) is 12.6 Å². The summed E-state index contributed by atoms with van der Waals surface area (Å²) in [6.07, 6.45) is 2.46. The molecular formula is C12H18Cl2N4. The van der Waals surface area contributed by atoms with Crippen LogP contribution < -0.4 is 11.1 Å². The molecule has 0 bridgehead atoms. The maximum atomic E-state index is 6.08. The Morgan fingerprint density at radius 2 is 2.28 bits per heavy atom. The number of nitrogens with one attached hydrogen (secondary N) is 1. The minimum Gasteiger partial charge on any atom is -0.382 e. The van der Waals surface area contributed by atoms with Crippen molar-refractivity contribution in [1.82, 2.24) is 9.88 Å². The van der Waals surface area contributed by atoms with Crippen LogP contribution in [0.25, 0.3) is 0 Å². The highest BCUT2D eigenvalue weighted by atomic mass is 35.5. The summed E-state index contributed by atoms with van der Waals surface area (Å²) in [4.78, 5) is 6.63. The summed E-state index contributed by atoms with van der Waals surface area (Å²) in [6, 6.07) is 2.17. The van der Waals surface area contributed by atoms with Crippen LogP contribution >= 0.6 is 23.2 Å². The molecule has 0 aromatic carbocycles. The van der Waals surface area contributed by atoms with Gasteiger partial charge >= 0.3 is 0 Å². The second kappa shape index (κ2) is 5.95. The van der Waals surface area contributed by atoms with Gasteiger partial charge in [0.05, 0.1) is 10.0 Å². The number of aromatic nitrogens is 1. The van der Waals surface area contributed by atoms with Crippen molar-refractivity contribution in [2.24, 2.45) is 0 Å². The van der Waals surface area contributed by atoms with Gasteiger partial charge in [0.1, 0.15) is 11.6 Å². The number of hydrogen-bond donors (Lipinski definition) is 2. The number of nitrogens with two attached hydrogens (primary N) is 1. The molecule has 1 aromatic heterocycles. The standard InChI is InChI=1S/C12H18Cl2N4/c1-2-18-5-3-4-8(18)7-16-12-10(14)6-9(13)11(15)17-12/h6,8H,2-5,7H2,1H3,(H3,15,16,17). The van der Waals surface area contributed by atoms with Crippen LogP contribution in [0, 0.1) is 0 Å². The van der Waals surface area contributed by atoms with Gasteiger partial charge < -0.3 is 11.1 Å². The van der Waals surface area contributed by atoms with E-state index in [1.807, 2.05) is 0 Å². The molecule has 2 heterocycles. The van der Waals surface area contributed by atoms with E-state index in [2.05, 4.69) is 22.1 Å². The third-order valence-electron chi connectivity index (χ3n) is 3.37. The van der Waals surface area contributed by atoms with Crippen LogP contribution in [-0.2, 0) is 0 Å². The fourth-order valence-corrected chi connectivity index (χ4v) is 2.79. The second-order valence-electron chi connectivity index (χ2n) is 4.49. The number of halogens is 2. The Hall–Kier alpha value is -0.710. The molecule has 18 heavy (non-hydrogen) atoms. The van der Waals surface area contributed by atoms with Crippen LogP contribution in [0.2, 0.25) is 10.0 Å². The number of likely N-dealkylation sites (N-methyl/N-ethyl adjacent to an activating group) is 1. The lowest BCUT2D eigenvalue weighted by atomic mass is 10.2. The summed E-state index contributed by atoms with van der Waals surface area (Å²) < 4.78 is 0. The molecular weight excluding hydrogens is 271 g/mol. The summed E-state index contributed by atoms with van der Waals surface area (Å²) in [5.74, 6) is 0.920. The van der Waals surface area contributed by atoms with Gasteiger partial charge in [-0.2, -0.15) is 0 Å². The number of pyridine rings is 1. The molecule has 6 heteroatoms. The molecule has 1 atom stereocenters. The van der Waals surface area contributed by atoms with Crippen molar-refractivity contribution >= 4 is 34.8 Å². The molecule has 0 radical (unpaired) electrons. The smallest absolute Gasteiger partial charge is 0.147 e. The lowest BCUT2D eigenvalue weighted by Crippen LogP contribution is -2.34. The predicted octanol–water partition coefficient (Wildman–Crippen LogP) is 2.87. The van der Waals surface area contributed by atoms with Crippen molar-refractivity contribution in [1.29, 1.82) is 0 Å². The van der Waals surface area contributed by atoms with Gasteiger partial charge in [-0.25, -0.2) is 4.98 Å². The normalized spacial score (nSPS) is 20.3. The third-order valence-corrected chi connectivity index (χ3v) is 3.96. The van der Waals surface area contributed by atoms with E-state index in [4.69, 9.17) is 28.9 Å². The van der Waals surface area contributed by atoms with Crippen molar-refractivity contribution in [2.75, 3.05) is 30.7 Å². The largest absolute Gasteiger partial charge is 0.382 e. The molecule has 0 saturated carbocycles. The highest BCUT2D eigenvalue weighted by molar-refractivity contribution is 6.37. The van der Waals surface area contributed by atoms with Gasteiger partial charge in [-0.15, -0.1) is 0 Å². The van der Waals surface area contributed by atoms with Crippen molar-refractivity contribution in [2.45, 2.75) is 25.8 Å². The van der Waals surface area contributed by atoms with E-state index >= 15 is 0 Å². The molecule has 1 unspecified atom stereocenters. The molecule has 0 amide bonds. The van der Waals surface area contributed by atoms with Gasteiger partial charge in [0.15, 0.2) is 0 Å². The first kappa shape index (κ1) is 13.7. The van der Waals surface area contributed by atoms with Gasteiger partial charge in [0.2, 0.25) is 0 Å². The second-order valence-corrected chi connectivity index (χ2v) is 5.31. The van der Waals surface area contributed by atoms with Crippen LogP contribution in [0.15, 0.2) is 6.07 Å². The van der Waals surface area contributed by atoms with Crippen molar-refractivity contribution < 1.29 is 0 Å². The van der Waals surface area contributed by atoms with Crippen molar-refractivity contribution in [3.8, 4) is 0 Å². The number of nitrogens with zero attached hydrogens (tertiary/aromatic N) is 2. The van der Waals surface area contributed by atoms with Crippen LogP contribution in [-0.4, -0.2) is 35.6 Å². The Labute approximate surface area is 117 Å². The van der Waals surface area contributed by atoms with Gasteiger partial charge in [-0.3, -0.25) is 4.90 Å². The first-order valence-electron chi connectivity index (χ1n) is 6.21. The highest BCUT2D eigenvalue weighted by Gasteiger charge is 2.22. The molecule has 1 fully saturated rings. The number of nitrogen functional groups attached to an aromatic ring is 1. The number of rotatable bonds is 4. The molecule has 100 valence electrons. The minimum atomic E-state index is 0.308. The first-order chi connectivity index (χ1) is 8.61. The monoisotopic (exact) mass is 288 g/mol. The third kappa shape index (κ3) is 2.99. The van der Waals surface area contributed by atoms with Gasteiger partial charge in [-0.05, 0) is 32.0 Å². The van der Waals surface area contributed by atoms with E-state index in [9.17, 15) is 0 Å². The van der Waals surface area contributed by atoms with E-state index < -0.39 is 0 Å². The molecule has 1 aliphatic heterocycles. The summed E-state index contributed by atoms with van der Waals surface area (Å²) in [6.45, 7) is 5.27. The Morgan fingerprint density at radius 3 is 3.00 bits per heavy atom. The van der Waals surface area contributed by atoms with E-state index in [1.165, 1.54) is 19.4 Å². The average Bonchev–Trinajstić information content (AvgIpc) is 2.79. The number of anilines is 2. The topological polar surface area (TPSA) is 54.2 Å². The Kier molecular flexibility index (Phi) is 4.54. The van der Waals surface area contributed by atoms with E-state index in [-0.39, 0.29) is 0 Å². The molecule has 1 saturated heterocycles. The summed E-state index contributed by atoms with van der Waals surface area (Å²) in [5.41, 5.74) is 5.67. The fraction of sp³-hybridized carbons (Fsp3) is 0.583. The lowest BCUT2D eigenvalue weighted by Gasteiger charge is -2.23. The zero-order valence-corrected chi connectivity index (χ0v) is 11.9. The molecule has 1 aromatic rings. The lowest BCUT2D eigenvalue weighted by molar-refractivity contribution is 0.277. The Bertz CT molecular complexity index is 425. The van der Waals surface area contributed by atoms with E-state index in [0.29, 0.717) is 27.7 Å². The maximum absolute atomic E-state index is 6.08. The van der Waals surface area contributed by atoms with Crippen LogP contribution in [0.5, 0.6) is 0 Å². The van der Waals surface area contributed by atoms with Crippen molar-refractivity contribution in [3.05, 3.63) is 16.1 Å². The molecule has 4 nitrogen and oxygen atoms in total. The van der Waals surface area contributed by atoms with E-state index in [1.54, 1.807) is 6.07 Å². The summed E-state index contributed by atoms with van der Waals surface area (Å²) in [7, 11) is 0. The SMILES string of the molecule is CCN1CCCC1CNc1nc(N)c(Cl)cc1Cl. The number of likely N-dealkylation sites (tertiary alicyclic amines) is 1. The van der Waals surface area contributed by atoms with Gasteiger partial charge in [-0.1, -0.05) is 30.1 Å². The molecule has 0 aliphatic carbocycles. The van der Waals surface area contributed by atoms with Crippen LogP contribution in [0.3, 0.4) is 0 Å². The molecule has 0 spiro atoms. The van der Waals surface area contributed by atoms with E-state index in [0.717, 1.165) is 13.1 Å². The Morgan fingerprint density at radius 1 is 1.50 bits per heavy atom. The highest BCUT2D eigenvalue weighted by Crippen LogP contribution is 2.27. The molecule has 1 aliphatic rings. The van der Waals surface area contributed by atoms with Crippen LogP contribution in [0.1, 0.15) is 19.8 Å². The summed E-state index contributed by atoms with van der Waals surface area (Å²) in [5, 5.41) is 4.16. The number of hydrogen-bond acceptors (Lipinski definition) is 4. The Balaban J connectivity index is 2.00. The predicted molar refractivity (Wildman–Crippen MR) is 77.4 cm³/mol. The van der Waals surface area contributed by atoms with Crippen LogP contribution in [0.4, 0.5) is 11.6 Å². The average molecular weight is 289 g/mol. The minimum absolute atomic E-state index is 0.308. The quantitative estimate of drug-likeness (QED) is 0.895. The fourth-order valence-electron chi connectivity index (χ4n) is 2.36. The zero-order valence-electron chi connectivity index (χ0n) is 10.4.